The second-order valence-electron chi connectivity index (χ2n) is 7.09. The van der Waals surface area contributed by atoms with Gasteiger partial charge in [-0.2, -0.15) is 5.10 Å². The summed E-state index contributed by atoms with van der Waals surface area (Å²) in [6.45, 7) is 3.09. The molecule has 0 amide bonds. The van der Waals surface area contributed by atoms with Crippen molar-refractivity contribution >= 4 is 52.0 Å². The highest BCUT2D eigenvalue weighted by atomic mass is 35.5. The number of nitrogens with zero attached hydrogens (tertiary/aromatic N) is 4. The van der Waals surface area contributed by atoms with E-state index in [4.69, 9.17) is 42.4 Å². The molecule has 0 radical (unpaired) electrons. The Morgan fingerprint density at radius 1 is 1.15 bits per heavy atom. The fraction of sp³-hybridized carbons (Fsp3) is 0.261. The van der Waals surface area contributed by atoms with E-state index in [1.165, 1.54) is 22.6 Å². The van der Waals surface area contributed by atoms with Crippen molar-refractivity contribution in [3.05, 3.63) is 64.4 Å². The van der Waals surface area contributed by atoms with Crippen LogP contribution in [0.25, 0.3) is 17.0 Å². The van der Waals surface area contributed by atoms with E-state index in [9.17, 15) is 4.79 Å². The third kappa shape index (κ3) is 5.56. The van der Waals surface area contributed by atoms with Crippen LogP contribution in [0.4, 0.5) is 0 Å². The number of aromatic nitrogens is 4. The maximum Gasteiger partial charge on any atom is 0.341 e. The van der Waals surface area contributed by atoms with Gasteiger partial charge in [0.25, 0.3) is 0 Å². The number of halogens is 2. The lowest BCUT2D eigenvalue weighted by molar-refractivity contribution is 0.0356. The van der Waals surface area contributed by atoms with Gasteiger partial charge < -0.3 is 14.2 Å². The van der Waals surface area contributed by atoms with Crippen LogP contribution in [-0.4, -0.2) is 52.2 Å². The third-order valence-electron chi connectivity index (χ3n) is 4.77. The molecule has 34 heavy (non-hydrogen) atoms. The van der Waals surface area contributed by atoms with Crippen LogP contribution in [0.3, 0.4) is 0 Å². The largest absolute Gasteiger partial charge is 0.462 e. The smallest absolute Gasteiger partial charge is 0.341 e. The number of benzene rings is 2. The molecule has 0 saturated carbocycles. The summed E-state index contributed by atoms with van der Waals surface area (Å²) in [7, 11) is 1.61. The lowest BCUT2D eigenvalue weighted by Gasteiger charge is -2.10. The van der Waals surface area contributed by atoms with Crippen molar-refractivity contribution in [2.24, 2.45) is 0 Å². The Morgan fingerprint density at radius 3 is 2.68 bits per heavy atom. The molecule has 4 rings (SSSR count). The molecule has 8 nitrogen and oxygen atoms in total. The molecule has 0 aliphatic rings. The first kappa shape index (κ1) is 24.6. The maximum absolute atomic E-state index is 12.1. The van der Waals surface area contributed by atoms with Gasteiger partial charge in [0.1, 0.15) is 6.73 Å². The Balaban J connectivity index is 1.72. The molecule has 0 unspecified atom stereocenters. The number of carbonyl (C=O) groups excluding carboxylic acids is 1. The van der Waals surface area contributed by atoms with Crippen molar-refractivity contribution in [1.82, 2.24) is 19.3 Å². The molecule has 2 heterocycles. The molecule has 0 atom stereocenters. The first-order chi connectivity index (χ1) is 16.5. The average Bonchev–Trinajstić information content (AvgIpc) is 3.44. The summed E-state index contributed by atoms with van der Waals surface area (Å²) in [6, 6.07) is 11.3. The van der Waals surface area contributed by atoms with E-state index in [1.54, 1.807) is 20.2 Å². The highest BCUT2D eigenvalue weighted by Gasteiger charge is 2.18. The Hall–Kier alpha value is -2.56. The fourth-order valence-corrected chi connectivity index (χ4v) is 4.43. The topological polar surface area (TPSA) is 80.4 Å². The van der Waals surface area contributed by atoms with Gasteiger partial charge in [0.2, 0.25) is 5.95 Å². The van der Waals surface area contributed by atoms with Crippen molar-refractivity contribution in [1.29, 1.82) is 0 Å². The average molecular weight is 521 g/mol. The highest BCUT2D eigenvalue weighted by molar-refractivity contribution is 7.99. The number of esters is 1. The van der Waals surface area contributed by atoms with Crippen LogP contribution in [0.5, 0.6) is 0 Å². The number of hydrogen-bond donors (Lipinski definition) is 0. The quantitative estimate of drug-likeness (QED) is 0.202. The number of fused-ring (bicyclic) bond motifs is 1. The molecule has 0 N–H and O–H groups in total. The summed E-state index contributed by atoms with van der Waals surface area (Å²) in [6.07, 6.45) is 3.03. The molecule has 0 fully saturated rings. The highest BCUT2D eigenvalue weighted by Crippen LogP contribution is 2.37. The zero-order valence-corrected chi connectivity index (χ0v) is 20.9. The van der Waals surface area contributed by atoms with E-state index in [-0.39, 0.29) is 13.3 Å². The van der Waals surface area contributed by atoms with Crippen molar-refractivity contribution in [2.45, 2.75) is 23.4 Å². The molecule has 0 bridgehead atoms. The maximum atomic E-state index is 12.1. The number of rotatable bonds is 10. The molecule has 2 aromatic heterocycles. The lowest BCUT2D eigenvalue weighted by atomic mass is 10.3. The van der Waals surface area contributed by atoms with E-state index < -0.39 is 5.97 Å². The molecule has 0 aliphatic heterocycles. The predicted octanol–water partition coefficient (Wildman–Crippen LogP) is 5.48. The van der Waals surface area contributed by atoms with Gasteiger partial charge in [0, 0.05) is 28.1 Å². The first-order valence-electron chi connectivity index (χ1n) is 10.4. The first-order valence-corrected chi connectivity index (χ1v) is 12.0. The van der Waals surface area contributed by atoms with E-state index in [2.05, 4.69) is 5.10 Å². The minimum atomic E-state index is -0.447. The van der Waals surface area contributed by atoms with Gasteiger partial charge in [0.05, 0.1) is 47.6 Å². The zero-order valence-electron chi connectivity index (χ0n) is 18.5. The number of carbonyl (C=O) groups is 1. The number of imidazole rings is 1. The summed E-state index contributed by atoms with van der Waals surface area (Å²) in [5.41, 5.74) is 1.81. The number of ether oxygens (including phenoxy) is 3. The van der Waals surface area contributed by atoms with Gasteiger partial charge in [-0.1, -0.05) is 35.0 Å². The number of hydrogen-bond acceptors (Lipinski definition) is 7. The van der Waals surface area contributed by atoms with Gasteiger partial charge in [-0.15, -0.1) is 0 Å². The van der Waals surface area contributed by atoms with Gasteiger partial charge in [-0.3, -0.25) is 4.57 Å². The standard InChI is InChI=1S/C23H22Cl2N4O4S/c1-3-33-22(30)15-12-26-29(13-15)23-27-19-11-21(34-17-6-4-16(24)5-7-17)18(25)10-20(19)28(23)14-32-9-8-31-2/h4-7,10-13H,3,8-9,14H2,1-2H3. The minimum Gasteiger partial charge on any atom is -0.462 e. The summed E-state index contributed by atoms with van der Waals surface area (Å²) < 4.78 is 19.3. The zero-order chi connectivity index (χ0) is 24.1. The Labute approximate surface area is 210 Å². The van der Waals surface area contributed by atoms with Crippen molar-refractivity contribution in [2.75, 3.05) is 26.9 Å². The minimum absolute atomic E-state index is 0.198. The van der Waals surface area contributed by atoms with Crippen LogP contribution >= 0.6 is 35.0 Å². The molecule has 0 saturated heterocycles. The van der Waals surface area contributed by atoms with Crippen LogP contribution in [0.2, 0.25) is 10.0 Å². The second kappa shape index (κ2) is 11.2. The normalized spacial score (nSPS) is 11.3. The molecule has 178 valence electrons. The van der Waals surface area contributed by atoms with Crippen molar-refractivity contribution in [3.63, 3.8) is 0 Å². The van der Waals surface area contributed by atoms with Crippen LogP contribution in [0.15, 0.2) is 58.6 Å². The van der Waals surface area contributed by atoms with Crippen molar-refractivity contribution in [3.8, 4) is 5.95 Å². The van der Waals surface area contributed by atoms with E-state index in [0.717, 1.165) is 15.3 Å². The van der Waals surface area contributed by atoms with Crippen LogP contribution in [-0.2, 0) is 20.9 Å². The number of methoxy groups -OCH3 is 1. The van der Waals surface area contributed by atoms with Crippen molar-refractivity contribution < 1.29 is 19.0 Å². The van der Waals surface area contributed by atoms with Gasteiger partial charge in [-0.05, 0) is 43.3 Å². The predicted molar refractivity (Wildman–Crippen MR) is 131 cm³/mol. The molecular weight excluding hydrogens is 499 g/mol. The summed E-state index contributed by atoms with van der Waals surface area (Å²) in [4.78, 5) is 18.7. The van der Waals surface area contributed by atoms with E-state index in [0.29, 0.717) is 40.3 Å². The van der Waals surface area contributed by atoms with E-state index >= 15 is 0 Å². The molecule has 4 aromatic rings. The monoisotopic (exact) mass is 520 g/mol. The third-order valence-corrected chi connectivity index (χ3v) is 6.52. The molecule has 11 heteroatoms. The van der Waals surface area contributed by atoms with Crippen LogP contribution in [0, 0.1) is 0 Å². The SMILES string of the molecule is CCOC(=O)c1cnn(-c2nc3cc(Sc4ccc(Cl)cc4)c(Cl)cc3n2COCCOC)c1. The van der Waals surface area contributed by atoms with Crippen LogP contribution < -0.4 is 0 Å². The summed E-state index contributed by atoms with van der Waals surface area (Å²) in [5, 5.41) is 5.56. The molecular formula is C23H22Cl2N4O4S. The van der Waals surface area contributed by atoms with Gasteiger partial charge >= 0.3 is 5.97 Å². The Morgan fingerprint density at radius 2 is 1.94 bits per heavy atom. The Bertz CT molecular complexity index is 1290. The molecule has 0 aliphatic carbocycles. The summed E-state index contributed by atoms with van der Waals surface area (Å²) >= 11 is 14.2. The molecule has 0 spiro atoms. The van der Waals surface area contributed by atoms with Gasteiger partial charge in [-0.25, -0.2) is 14.5 Å². The lowest BCUT2D eigenvalue weighted by Crippen LogP contribution is -2.12. The fourth-order valence-electron chi connectivity index (χ4n) is 3.17. The van der Waals surface area contributed by atoms with Crippen LogP contribution in [0.1, 0.15) is 17.3 Å². The summed E-state index contributed by atoms with van der Waals surface area (Å²) in [5.74, 6) is 0.0325. The van der Waals surface area contributed by atoms with E-state index in [1.807, 2.05) is 41.0 Å². The molecule has 2 aromatic carbocycles. The Kier molecular flexibility index (Phi) is 8.12. The second-order valence-corrected chi connectivity index (χ2v) is 9.05. The van der Waals surface area contributed by atoms with Gasteiger partial charge in [0.15, 0.2) is 0 Å².